The Morgan fingerprint density at radius 2 is 2.15 bits per heavy atom. The highest BCUT2D eigenvalue weighted by atomic mass is 32.1. The van der Waals surface area contributed by atoms with Gasteiger partial charge in [-0.05, 0) is 44.3 Å². The zero-order valence-corrected chi connectivity index (χ0v) is 12.2. The van der Waals surface area contributed by atoms with Crippen LogP contribution in [0.1, 0.15) is 30.1 Å². The first-order valence-electron chi connectivity index (χ1n) is 6.67. The molecule has 0 saturated carbocycles. The van der Waals surface area contributed by atoms with Crippen LogP contribution in [-0.4, -0.2) is 47.7 Å². The number of carbonyl (C=O) groups is 2. The molecule has 2 rings (SSSR count). The van der Waals surface area contributed by atoms with Crippen molar-refractivity contribution >= 4 is 28.3 Å². The van der Waals surface area contributed by atoms with Crippen LogP contribution < -0.4 is 10.6 Å². The second kappa shape index (κ2) is 6.71. The van der Waals surface area contributed by atoms with Crippen molar-refractivity contribution < 1.29 is 14.7 Å². The van der Waals surface area contributed by atoms with Gasteiger partial charge in [-0.1, -0.05) is 0 Å². The van der Waals surface area contributed by atoms with Crippen molar-refractivity contribution in [3.8, 4) is 0 Å². The van der Waals surface area contributed by atoms with Gasteiger partial charge in [0.1, 0.15) is 5.00 Å². The molecule has 1 aromatic rings. The molecule has 0 aromatic carbocycles. The first kappa shape index (κ1) is 14.8. The zero-order chi connectivity index (χ0) is 14.5. The lowest BCUT2D eigenvalue weighted by molar-refractivity contribution is 0.0698. The van der Waals surface area contributed by atoms with Crippen LogP contribution in [0.5, 0.6) is 0 Å². The van der Waals surface area contributed by atoms with Crippen LogP contribution in [0.25, 0.3) is 0 Å². The van der Waals surface area contributed by atoms with Gasteiger partial charge in [0.05, 0.1) is 5.56 Å². The molecule has 1 aromatic heterocycles. The van der Waals surface area contributed by atoms with Gasteiger partial charge in [-0.25, -0.2) is 9.59 Å². The number of thiophene rings is 1. The number of hydrogen-bond acceptors (Lipinski definition) is 4. The molecule has 7 heteroatoms. The number of aromatic carboxylic acids is 1. The lowest BCUT2D eigenvalue weighted by Gasteiger charge is -2.21. The highest BCUT2D eigenvalue weighted by molar-refractivity contribution is 7.14. The second-order valence-electron chi connectivity index (χ2n) is 4.98. The maximum absolute atomic E-state index is 11.8. The Bertz CT molecular complexity index is 483. The lowest BCUT2D eigenvalue weighted by Crippen LogP contribution is -2.42. The summed E-state index contributed by atoms with van der Waals surface area (Å²) >= 11 is 1.20. The Balaban J connectivity index is 1.82. The number of carboxylic acids is 1. The summed E-state index contributed by atoms with van der Waals surface area (Å²) in [6.45, 7) is 4.94. The molecule has 1 fully saturated rings. The van der Waals surface area contributed by atoms with Crippen LogP contribution in [0.15, 0.2) is 11.4 Å². The second-order valence-corrected chi connectivity index (χ2v) is 5.89. The van der Waals surface area contributed by atoms with Gasteiger partial charge >= 0.3 is 12.0 Å². The molecule has 2 heterocycles. The van der Waals surface area contributed by atoms with Crippen molar-refractivity contribution in [1.29, 1.82) is 0 Å². The molecule has 2 amide bonds. The van der Waals surface area contributed by atoms with Crippen molar-refractivity contribution in [3.05, 3.63) is 17.0 Å². The smallest absolute Gasteiger partial charge is 0.338 e. The van der Waals surface area contributed by atoms with Crippen molar-refractivity contribution in [2.24, 2.45) is 0 Å². The van der Waals surface area contributed by atoms with Gasteiger partial charge in [-0.15, -0.1) is 11.3 Å². The summed E-state index contributed by atoms with van der Waals surface area (Å²) in [5.74, 6) is -1.04. The minimum absolute atomic E-state index is 0.0290. The largest absolute Gasteiger partial charge is 0.478 e. The zero-order valence-electron chi connectivity index (χ0n) is 11.4. The number of urea groups is 1. The van der Waals surface area contributed by atoms with Crippen molar-refractivity contribution in [2.45, 2.75) is 25.8 Å². The van der Waals surface area contributed by atoms with Crippen molar-refractivity contribution in [2.75, 3.05) is 25.0 Å². The number of carbonyl (C=O) groups excluding carboxylic acids is 1. The molecule has 1 unspecified atom stereocenters. The van der Waals surface area contributed by atoms with Crippen LogP contribution >= 0.6 is 11.3 Å². The van der Waals surface area contributed by atoms with Gasteiger partial charge in [0.15, 0.2) is 0 Å². The Morgan fingerprint density at radius 3 is 2.80 bits per heavy atom. The van der Waals surface area contributed by atoms with Crippen LogP contribution in [0, 0.1) is 0 Å². The summed E-state index contributed by atoms with van der Waals surface area (Å²) in [6.07, 6.45) is 2.44. The minimum Gasteiger partial charge on any atom is -0.478 e. The number of carboxylic acid groups (broad SMARTS) is 1. The molecule has 0 spiro atoms. The van der Waals surface area contributed by atoms with E-state index in [1.165, 1.54) is 30.2 Å². The summed E-state index contributed by atoms with van der Waals surface area (Å²) < 4.78 is 0. The normalized spacial score (nSPS) is 16.9. The van der Waals surface area contributed by atoms with E-state index in [4.69, 9.17) is 5.11 Å². The van der Waals surface area contributed by atoms with E-state index >= 15 is 0 Å². The van der Waals surface area contributed by atoms with Gasteiger partial charge in [0.2, 0.25) is 0 Å². The van der Waals surface area contributed by atoms with Crippen molar-refractivity contribution in [3.63, 3.8) is 0 Å². The fourth-order valence-corrected chi connectivity index (χ4v) is 3.11. The van der Waals surface area contributed by atoms with E-state index in [0.717, 1.165) is 19.6 Å². The number of rotatable bonds is 5. The molecule has 1 aliphatic heterocycles. The van der Waals surface area contributed by atoms with Crippen molar-refractivity contribution in [1.82, 2.24) is 10.2 Å². The van der Waals surface area contributed by atoms with Gasteiger partial charge in [-0.3, -0.25) is 5.32 Å². The average Bonchev–Trinajstić information content (AvgIpc) is 2.99. The van der Waals surface area contributed by atoms with Crippen LogP contribution in [0.2, 0.25) is 0 Å². The molecule has 3 N–H and O–H groups in total. The maximum atomic E-state index is 11.8. The SMILES string of the molecule is CC(CN1CCCC1)NC(=O)Nc1sccc1C(=O)O. The number of anilines is 1. The topological polar surface area (TPSA) is 81.7 Å². The molecule has 0 bridgehead atoms. The summed E-state index contributed by atoms with van der Waals surface area (Å²) in [4.78, 5) is 25.1. The lowest BCUT2D eigenvalue weighted by atomic mass is 10.3. The van der Waals surface area contributed by atoms with Gasteiger partial charge in [0, 0.05) is 12.6 Å². The number of amides is 2. The Labute approximate surface area is 121 Å². The molecule has 0 aliphatic carbocycles. The first-order chi connectivity index (χ1) is 9.56. The van der Waals surface area contributed by atoms with Gasteiger partial charge in [-0.2, -0.15) is 0 Å². The van der Waals surface area contributed by atoms with E-state index in [0.29, 0.717) is 5.00 Å². The third kappa shape index (κ3) is 3.94. The number of nitrogens with zero attached hydrogens (tertiary/aromatic N) is 1. The molecule has 1 saturated heterocycles. The molecule has 1 aliphatic rings. The quantitative estimate of drug-likeness (QED) is 0.777. The molecule has 20 heavy (non-hydrogen) atoms. The Morgan fingerprint density at radius 1 is 1.45 bits per heavy atom. The average molecular weight is 297 g/mol. The minimum atomic E-state index is -1.04. The fourth-order valence-electron chi connectivity index (χ4n) is 2.34. The first-order valence-corrected chi connectivity index (χ1v) is 7.55. The number of likely N-dealkylation sites (tertiary alicyclic amines) is 1. The molecule has 1 atom stereocenters. The standard InChI is InChI=1S/C13H19N3O3S/c1-9(8-16-5-2-3-6-16)14-13(19)15-11-10(12(17)18)4-7-20-11/h4,7,9H,2-3,5-6,8H2,1H3,(H,17,18)(H2,14,15,19). The molecule has 110 valence electrons. The molecule has 6 nitrogen and oxygen atoms in total. The summed E-state index contributed by atoms with van der Waals surface area (Å²) in [6, 6.07) is 1.15. The van der Waals surface area contributed by atoms with Gasteiger partial charge in [0.25, 0.3) is 0 Å². The molecular weight excluding hydrogens is 278 g/mol. The Kier molecular flexibility index (Phi) is 4.97. The fraction of sp³-hybridized carbons (Fsp3) is 0.538. The van der Waals surface area contributed by atoms with E-state index in [1.54, 1.807) is 5.38 Å². The predicted octanol–water partition coefficient (Wildman–Crippen LogP) is 2.05. The van der Waals surface area contributed by atoms with Crippen LogP contribution in [0.4, 0.5) is 9.80 Å². The molecule has 0 radical (unpaired) electrons. The van der Waals surface area contributed by atoms with Gasteiger partial charge < -0.3 is 15.3 Å². The van der Waals surface area contributed by atoms with E-state index in [2.05, 4.69) is 15.5 Å². The summed E-state index contributed by atoms with van der Waals surface area (Å²) in [7, 11) is 0. The van der Waals surface area contributed by atoms with E-state index < -0.39 is 5.97 Å². The third-order valence-corrected chi connectivity index (χ3v) is 4.06. The maximum Gasteiger partial charge on any atom is 0.338 e. The highest BCUT2D eigenvalue weighted by Crippen LogP contribution is 2.22. The summed E-state index contributed by atoms with van der Waals surface area (Å²) in [5.41, 5.74) is 0.123. The Hall–Kier alpha value is -1.60. The number of hydrogen-bond donors (Lipinski definition) is 3. The van der Waals surface area contributed by atoms with Crippen LogP contribution in [-0.2, 0) is 0 Å². The highest BCUT2D eigenvalue weighted by Gasteiger charge is 2.17. The predicted molar refractivity (Wildman–Crippen MR) is 78.6 cm³/mol. The number of nitrogens with one attached hydrogen (secondary N) is 2. The summed E-state index contributed by atoms with van der Waals surface area (Å²) in [5, 5.41) is 16.4. The molecular formula is C13H19N3O3S. The van der Waals surface area contributed by atoms with E-state index in [-0.39, 0.29) is 17.6 Å². The monoisotopic (exact) mass is 297 g/mol. The third-order valence-electron chi connectivity index (χ3n) is 3.23. The van der Waals surface area contributed by atoms with E-state index in [1.807, 2.05) is 6.92 Å². The van der Waals surface area contributed by atoms with Crippen LogP contribution in [0.3, 0.4) is 0 Å². The van der Waals surface area contributed by atoms with E-state index in [9.17, 15) is 9.59 Å².